The van der Waals surface area contributed by atoms with Crippen molar-refractivity contribution in [2.45, 2.75) is 31.5 Å². The van der Waals surface area contributed by atoms with Crippen molar-refractivity contribution in [1.82, 2.24) is 0 Å². The Balaban J connectivity index is 2.54. The minimum absolute atomic E-state index is 0.477. The number of ether oxygens (including phenoxy) is 1. The molecule has 0 aromatic heterocycles. The molecular weight excluding hydrogens is 124 g/mol. The Kier molecular flexibility index (Phi) is 1.72. The van der Waals surface area contributed by atoms with Crippen LogP contribution in [-0.2, 0) is 4.74 Å². The summed E-state index contributed by atoms with van der Waals surface area (Å²) in [4.78, 5) is 0. The van der Waals surface area contributed by atoms with E-state index in [4.69, 9.17) is 15.3 Å². The molecule has 0 aliphatic carbocycles. The lowest BCUT2D eigenvalue weighted by molar-refractivity contribution is -0.124. The summed E-state index contributed by atoms with van der Waals surface area (Å²) < 4.78 is 4.64. The molecule has 2 unspecified atom stereocenters. The summed E-state index contributed by atoms with van der Waals surface area (Å²) >= 11 is 0. The SMILES string of the molecule is C[C@H]1OC(O)C(O)[C@H]1O. The summed E-state index contributed by atoms with van der Waals surface area (Å²) in [5.74, 6) is 0. The van der Waals surface area contributed by atoms with Gasteiger partial charge in [-0.2, -0.15) is 0 Å². The second-order valence-electron chi connectivity index (χ2n) is 2.21. The monoisotopic (exact) mass is 134 g/mol. The number of rotatable bonds is 0. The van der Waals surface area contributed by atoms with Gasteiger partial charge in [0.15, 0.2) is 6.29 Å². The predicted molar refractivity (Wildman–Crippen MR) is 28.6 cm³/mol. The Bertz CT molecular complexity index is 93.1. The summed E-state index contributed by atoms with van der Waals surface area (Å²) in [5.41, 5.74) is 0. The average molecular weight is 134 g/mol. The second kappa shape index (κ2) is 2.22. The molecule has 3 N–H and O–H groups in total. The molecular formula is C5H10O4. The van der Waals surface area contributed by atoms with Gasteiger partial charge in [-0.15, -0.1) is 0 Å². The van der Waals surface area contributed by atoms with Gasteiger partial charge in [0, 0.05) is 0 Å². The Morgan fingerprint density at radius 1 is 1.11 bits per heavy atom. The van der Waals surface area contributed by atoms with Crippen molar-refractivity contribution in [2.24, 2.45) is 0 Å². The van der Waals surface area contributed by atoms with Crippen LogP contribution in [0.3, 0.4) is 0 Å². The van der Waals surface area contributed by atoms with Crippen molar-refractivity contribution in [1.29, 1.82) is 0 Å². The minimum Gasteiger partial charge on any atom is -0.388 e. The maximum Gasteiger partial charge on any atom is 0.183 e. The molecule has 0 aromatic carbocycles. The maximum atomic E-state index is 8.90. The third-order valence-electron chi connectivity index (χ3n) is 1.48. The molecule has 54 valence electrons. The highest BCUT2D eigenvalue weighted by Gasteiger charge is 2.38. The molecule has 1 fully saturated rings. The smallest absolute Gasteiger partial charge is 0.183 e. The van der Waals surface area contributed by atoms with Crippen molar-refractivity contribution in [3.8, 4) is 0 Å². The van der Waals surface area contributed by atoms with E-state index in [1.54, 1.807) is 6.92 Å². The van der Waals surface area contributed by atoms with Gasteiger partial charge in [0.1, 0.15) is 12.2 Å². The van der Waals surface area contributed by atoms with Crippen molar-refractivity contribution in [2.75, 3.05) is 0 Å². The van der Waals surface area contributed by atoms with Gasteiger partial charge in [0.25, 0.3) is 0 Å². The Labute approximate surface area is 52.7 Å². The first-order valence-corrected chi connectivity index (χ1v) is 2.82. The van der Waals surface area contributed by atoms with Gasteiger partial charge in [-0.1, -0.05) is 0 Å². The van der Waals surface area contributed by atoms with Gasteiger partial charge < -0.3 is 20.1 Å². The molecule has 9 heavy (non-hydrogen) atoms. The number of hydrogen-bond donors (Lipinski definition) is 3. The molecule has 0 radical (unpaired) electrons. The van der Waals surface area contributed by atoms with Crippen molar-refractivity contribution >= 4 is 0 Å². The first kappa shape index (κ1) is 6.95. The summed E-state index contributed by atoms with van der Waals surface area (Å²) in [6.07, 6.45) is -3.81. The fraction of sp³-hybridized carbons (Fsp3) is 1.00. The molecule has 1 rings (SSSR count). The number of hydrogen-bond acceptors (Lipinski definition) is 4. The lowest BCUT2D eigenvalue weighted by Gasteiger charge is -2.07. The van der Waals surface area contributed by atoms with E-state index in [-0.39, 0.29) is 0 Å². The molecule has 0 bridgehead atoms. The van der Waals surface area contributed by atoms with E-state index < -0.39 is 24.6 Å². The van der Waals surface area contributed by atoms with Crippen molar-refractivity contribution < 1.29 is 20.1 Å². The zero-order valence-corrected chi connectivity index (χ0v) is 5.06. The lowest BCUT2D eigenvalue weighted by atomic mass is 10.2. The number of aliphatic hydroxyl groups excluding tert-OH is 3. The van der Waals surface area contributed by atoms with Gasteiger partial charge >= 0.3 is 0 Å². The molecule has 1 heterocycles. The van der Waals surface area contributed by atoms with Gasteiger partial charge in [-0.3, -0.25) is 0 Å². The molecule has 4 nitrogen and oxygen atoms in total. The molecule has 4 heteroatoms. The molecule has 1 saturated heterocycles. The number of aliphatic hydroxyl groups is 3. The van der Waals surface area contributed by atoms with E-state index in [0.29, 0.717) is 0 Å². The highest BCUT2D eigenvalue weighted by molar-refractivity contribution is 4.82. The third-order valence-corrected chi connectivity index (χ3v) is 1.48. The van der Waals surface area contributed by atoms with Gasteiger partial charge in [0.05, 0.1) is 6.10 Å². The van der Waals surface area contributed by atoms with Crippen LogP contribution in [-0.4, -0.2) is 39.9 Å². The van der Waals surface area contributed by atoms with Crippen LogP contribution >= 0.6 is 0 Å². The molecule has 4 atom stereocenters. The zero-order chi connectivity index (χ0) is 7.02. The Morgan fingerprint density at radius 2 is 1.67 bits per heavy atom. The van der Waals surface area contributed by atoms with Crippen molar-refractivity contribution in [3.63, 3.8) is 0 Å². The Hall–Kier alpha value is -0.160. The largest absolute Gasteiger partial charge is 0.388 e. The third kappa shape index (κ3) is 1.07. The van der Waals surface area contributed by atoms with Crippen LogP contribution in [0.4, 0.5) is 0 Å². The maximum absolute atomic E-state index is 8.90. The highest BCUT2D eigenvalue weighted by Crippen LogP contribution is 2.18. The predicted octanol–water partition coefficient (Wildman–Crippen LogP) is -1.55. The van der Waals surface area contributed by atoms with Crippen LogP contribution in [0.2, 0.25) is 0 Å². The highest BCUT2D eigenvalue weighted by atomic mass is 16.6. The van der Waals surface area contributed by atoms with Crippen LogP contribution in [0.1, 0.15) is 6.92 Å². The fourth-order valence-electron chi connectivity index (χ4n) is 0.827. The van der Waals surface area contributed by atoms with E-state index in [1.807, 2.05) is 0 Å². The topological polar surface area (TPSA) is 69.9 Å². The van der Waals surface area contributed by atoms with Crippen LogP contribution in [0.15, 0.2) is 0 Å². The molecule has 0 amide bonds. The average Bonchev–Trinajstić information content (AvgIpc) is 1.98. The summed E-state index contributed by atoms with van der Waals surface area (Å²) in [5, 5.41) is 26.4. The standard InChI is InChI=1S/C5H10O4/c1-2-3(6)4(7)5(8)9-2/h2-8H,1H3/t2-,3+,4?,5?/m1/s1. The first-order chi connectivity index (χ1) is 4.13. The van der Waals surface area contributed by atoms with Crippen LogP contribution < -0.4 is 0 Å². The summed E-state index contributed by atoms with van der Waals surface area (Å²) in [6, 6.07) is 0. The molecule has 1 aliphatic rings. The van der Waals surface area contributed by atoms with Gasteiger partial charge in [-0.25, -0.2) is 0 Å². The molecule has 0 aromatic rings. The zero-order valence-electron chi connectivity index (χ0n) is 5.06. The Morgan fingerprint density at radius 3 is 1.78 bits per heavy atom. The molecule has 0 spiro atoms. The first-order valence-electron chi connectivity index (χ1n) is 2.82. The van der Waals surface area contributed by atoms with Crippen LogP contribution in [0, 0.1) is 0 Å². The van der Waals surface area contributed by atoms with Gasteiger partial charge in [0.2, 0.25) is 0 Å². The van der Waals surface area contributed by atoms with Crippen molar-refractivity contribution in [3.05, 3.63) is 0 Å². The van der Waals surface area contributed by atoms with E-state index in [2.05, 4.69) is 4.74 Å². The normalized spacial score (nSPS) is 52.0. The van der Waals surface area contributed by atoms with E-state index >= 15 is 0 Å². The van der Waals surface area contributed by atoms with E-state index in [0.717, 1.165) is 0 Å². The fourth-order valence-corrected chi connectivity index (χ4v) is 0.827. The lowest BCUT2D eigenvalue weighted by Crippen LogP contribution is -2.31. The van der Waals surface area contributed by atoms with Crippen LogP contribution in [0.25, 0.3) is 0 Å². The van der Waals surface area contributed by atoms with Crippen LogP contribution in [0.5, 0.6) is 0 Å². The van der Waals surface area contributed by atoms with Gasteiger partial charge in [-0.05, 0) is 6.92 Å². The van der Waals surface area contributed by atoms with E-state index in [9.17, 15) is 0 Å². The molecule has 0 saturated carbocycles. The summed E-state index contributed by atoms with van der Waals surface area (Å²) in [6.45, 7) is 1.59. The second-order valence-corrected chi connectivity index (χ2v) is 2.21. The minimum atomic E-state index is -1.23. The summed E-state index contributed by atoms with van der Waals surface area (Å²) in [7, 11) is 0. The van der Waals surface area contributed by atoms with E-state index in [1.165, 1.54) is 0 Å². The molecule has 1 aliphatic heterocycles. The quantitative estimate of drug-likeness (QED) is 0.375.